The van der Waals surface area contributed by atoms with E-state index in [0.717, 1.165) is 35.5 Å². The molecule has 1 aromatic carbocycles. The Bertz CT molecular complexity index is 848. The molecule has 3 N–H and O–H groups in total. The molecule has 0 fully saturated rings. The summed E-state index contributed by atoms with van der Waals surface area (Å²) in [6, 6.07) is 5.68. The number of aromatic nitrogens is 2. The van der Waals surface area contributed by atoms with Gasteiger partial charge in [0.2, 0.25) is 0 Å². The van der Waals surface area contributed by atoms with E-state index >= 15 is 0 Å². The summed E-state index contributed by atoms with van der Waals surface area (Å²) in [6.45, 7) is 9.34. The second-order valence-corrected chi connectivity index (χ2v) is 6.50. The third-order valence-electron chi connectivity index (χ3n) is 4.08. The standard InChI is InChI=1S/C20H28N4O2S/c1-5-11-26-17-10-9-13(22-20(27)21-8-4)12-15(17)18-23-16(7-3)14(6-2)19(25)24-18/h9-10,12H,5-8,11H2,1-4H3,(H2,21,22,27)(H,23,24,25). The summed E-state index contributed by atoms with van der Waals surface area (Å²) in [6.07, 6.45) is 2.25. The number of nitrogens with one attached hydrogen (secondary N) is 3. The van der Waals surface area contributed by atoms with Gasteiger partial charge in [-0.2, -0.15) is 0 Å². The van der Waals surface area contributed by atoms with Crippen LogP contribution in [0.25, 0.3) is 11.4 Å². The topological polar surface area (TPSA) is 79.0 Å². The molecule has 0 aliphatic carbocycles. The van der Waals surface area contributed by atoms with Crippen LogP contribution in [0.15, 0.2) is 23.0 Å². The smallest absolute Gasteiger partial charge is 0.254 e. The quantitative estimate of drug-likeness (QED) is 0.599. The number of anilines is 1. The number of hydrogen-bond donors (Lipinski definition) is 3. The monoisotopic (exact) mass is 388 g/mol. The van der Waals surface area contributed by atoms with Crippen molar-refractivity contribution in [2.45, 2.75) is 47.0 Å². The van der Waals surface area contributed by atoms with Crippen LogP contribution in [-0.4, -0.2) is 28.2 Å². The fourth-order valence-corrected chi connectivity index (χ4v) is 3.06. The van der Waals surface area contributed by atoms with Crippen molar-refractivity contribution in [3.8, 4) is 17.1 Å². The second-order valence-electron chi connectivity index (χ2n) is 6.09. The number of H-pyrrole nitrogens is 1. The first-order valence-corrected chi connectivity index (χ1v) is 9.88. The van der Waals surface area contributed by atoms with Crippen molar-refractivity contribution in [1.82, 2.24) is 15.3 Å². The van der Waals surface area contributed by atoms with E-state index < -0.39 is 0 Å². The van der Waals surface area contributed by atoms with E-state index in [9.17, 15) is 4.79 Å². The van der Waals surface area contributed by atoms with E-state index in [4.69, 9.17) is 21.9 Å². The molecule has 7 heteroatoms. The van der Waals surface area contributed by atoms with E-state index in [1.165, 1.54) is 0 Å². The Morgan fingerprint density at radius 1 is 1.22 bits per heavy atom. The number of aromatic amines is 1. The van der Waals surface area contributed by atoms with Gasteiger partial charge in [0.05, 0.1) is 17.9 Å². The molecular weight excluding hydrogens is 360 g/mol. The van der Waals surface area contributed by atoms with Crippen LogP contribution in [0.1, 0.15) is 45.4 Å². The third kappa shape index (κ3) is 5.29. The largest absolute Gasteiger partial charge is 0.493 e. The SMILES string of the molecule is CCCOc1ccc(NC(=S)NCC)cc1-c1nc(CC)c(CC)c(=O)[nH]1. The van der Waals surface area contributed by atoms with Crippen molar-refractivity contribution >= 4 is 23.0 Å². The fraction of sp³-hybridized carbons (Fsp3) is 0.450. The molecule has 0 aliphatic rings. The van der Waals surface area contributed by atoms with Gasteiger partial charge >= 0.3 is 0 Å². The zero-order chi connectivity index (χ0) is 19.8. The van der Waals surface area contributed by atoms with Crippen molar-refractivity contribution in [1.29, 1.82) is 0 Å². The molecule has 1 aromatic heterocycles. The first-order valence-electron chi connectivity index (χ1n) is 9.48. The Kier molecular flexibility index (Phi) is 7.79. The minimum Gasteiger partial charge on any atom is -0.493 e. The van der Waals surface area contributed by atoms with Gasteiger partial charge in [0.15, 0.2) is 5.11 Å². The summed E-state index contributed by atoms with van der Waals surface area (Å²) in [5.74, 6) is 1.20. The number of thiocarbonyl (C=S) groups is 1. The van der Waals surface area contributed by atoms with Crippen LogP contribution in [0.3, 0.4) is 0 Å². The van der Waals surface area contributed by atoms with Gasteiger partial charge in [0.1, 0.15) is 11.6 Å². The van der Waals surface area contributed by atoms with Crippen molar-refractivity contribution < 1.29 is 4.74 Å². The zero-order valence-corrected chi connectivity index (χ0v) is 17.3. The zero-order valence-electron chi connectivity index (χ0n) is 16.4. The van der Waals surface area contributed by atoms with E-state index in [1.54, 1.807) is 0 Å². The van der Waals surface area contributed by atoms with Crippen LogP contribution < -0.4 is 20.9 Å². The third-order valence-corrected chi connectivity index (χ3v) is 4.33. The van der Waals surface area contributed by atoms with Gasteiger partial charge < -0.3 is 20.4 Å². The molecule has 0 unspecified atom stereocenters. The van der Waals surface area contributed by atoms with Crippen LogP contribution >= 0.6 is 12.2 Å². The lowest BCUT2D eigenvalue weighted by Crippen LogP contribution is -2.27. The highest BCUT2D eigenvalue weighted by Crippen LogP contribution is 2.31. The molecule has 0 bridgehead atoms. The molecule has 27 heavy (non-hydrogen) atoms. The van der Waals surface area contributed by atoms with Crippen LogP contribution in [0.5, 0.6) is 5.75 Å². The molecule has 0 radical (unpaired) electrons. The number of ether oxygens (including phenoxy) is 1. The van der Waals surface area contributed by atoms with Gasteiger partial charge in [-0.15, -0.1) is 0 Å². The van der Waals surface area contributed by atoms with Crippen LogP contribution in [0.2, 0.25) is 0 Å². The molecule has 1 heterocycles. The molecule has 2 aromatic rings. The fourth-order valence-electron chi connectivity index (χ4n) is 2.80. The maximum atomic E-state index is 12.5. The number of nitrogens with zero attached hydrogens (tertiary/aromatic N) is 1. The number of hydrogen-bond acceptors (Lipinski definition) is 4. The Hall–Kier alpha value is -2.41. The lowest BCUT2D eigenvalue weighted by Gasteiger charge is -2.15. The summed E-state index contributed by atoms with van der Waals surface area (Å²) in [5, 5.41) is 6.75. The average Bonchev–Trinajstić information content (AvgIpc) is 2.66. The van der Waals surface area contributed by atoms with Crippen LogP contribution in [0, 0.1) is 0 Å². The molecule has 0 atom stereocenters. The molecule has 0 spiro atoms. The summed E-state index contributed by atoms with van der Waals surface area (Å²) < 4.78 is 5.88. The molecule has 146 valence electrons. The Labute approximate surface area is 165 Å². The van der Waals surface area contributed by atoms with Crippen LogP contribution in [-0.2, 0) is 12.8 Å². The van der Waals surface area contributed by atoms with E-state index in [1.807, 2.05) is 39.0 Å². The van der Waals surface area contributed by atoms with Crippen LogP contribution in [0.4, 0.5) is 5.69 Å². The average molecular weight is 389 g/mol. The highest BCUT2D eigenvalue weighted by Gasteiger charge is 2.15. The molecule has 0 aliphatic heterocycles. The van der Waals surface area contributed by atoms with Crippen molar-refractivity contribution in [2.24, 2.45) is 0 Å². The second kappa shape index (κ2) is 10.1. The minimum absolute atomic E-state index is 0.0951. The molecular formula is C20H28N4O2S. The maximum Gasteiger partial charge on any atom is 0.254 e. The van der Waals surface area contributed by atoms with E-state index in [0.29, 0.717) is 36.1 Å². The van der Waals surface area contributed by atoms with Gasteiger partial charge in [-0.05, 0) is 56.6 Å². The van der Waals surface area contributed by atoms with Crippen molar-refractivity contribution in [3.63, 3.8) is 0 Å². The summed E-state index contributed by atoms with van der Waals surface area (Å²) >= 11 is 5.26. The van der Waals surface area contributed by atoms with Gasteiger partial charge in [0.25, 0.3) is 5.56 Å². The first kappa shape index (κ1) is 20.9. The lowest BCUT2D eigenvalue weighted by molar-refractivity contribution is 0.318. The predicted octanol–water partition coefficient (Wildman–Crippen LogP) is 3.66. The summed E-state index contributed by atoms with van der Waals surface area (Å²) in [4.78, 5) is 20.1. The van der Waals surface area contributed by atoms with Gasteiger partial charge in [0, 0.05) is 17.8 Å². The van der Waals surface area contributed by atoms with E-state index in [2.05, 4.69) is 22.5 Å². The Morgan fingerprint density at radius 3 is 2.63 bits per heavy atom. The number of benzene rings is 1. The maximum absolute atomic E-state index is 12.5. The van der Waals surface area contributed by atoms with Crippen molar-refractivity contribution in [2.75, 3.05) is 18.5 Å². The van der Waals surface area contributed by atoms with Crippen molar-refractivity contribution in [3.05, 3.63) is 39.8 Å². The predicted molar refractivity (Wildman–Crippen MR) is 115 cm³/mol. The highest BCUT2D eigenvalue weighted by atomic mass is 32.1. The van der Waals surface area contributed by atoms with Gasteiger partial charge in [-0.25, -0.2) is 4.98 Å². The highest BCUT2D eigenvalue weighted by molar-refractivity contribution is 7.80. The summed E-state index contributed by atoms with van der Waals surface area (Å²) in [7, 11) is 0. The van der Waals surface area contributed by atoms with E-state index in [-0.39, 0.29) is 5.56 Å². The Morgan fingerprint density at radius 2 is 2.00 bits per heavy atom. The molecule has 2 rings (SSSR count). The van der Waals surface area contributed by atoms with Gasteiger partial charge in [-0.1, -0.05) is 20.8 Å². The Balaban J connectivity index is 2.52. The molecule has 0 saturated heterocycles. The number of aryl methyl sites for hydroxylation is 1. The molecule has 0 amide bonds. The van der Waals surface area contributed by atoms with Gasteiger partial charge in [-0.3, -0.25) is 4.79 Å². The normalized spacial score (nSPS) is 10.5. The lowest BCUT2D eigenvalue weighted by atomic mass is 10.1. The minimum atomic E-state index is -0.0951. The first-order chi connectivity index (χ1) is 13.0. The number of rotatable bonds is 8. The summed E-state index contributed by atoms with van der Waals surface area (Å²) in [5.41, 5.74) is 3.00. The molecule has 6 nitrogen and oxygen atoms in total. The molecule has 0 saturated carbocycles.